The molecule has 120 valence electrons. The van der Waals surface area contributed by atoms with Crippen LogP contribution in [-0.2, 0) is 6.61 Å². The van der Waals surface area contributed by atoms with E-state index in [4.69, 9.17) is 4.74 Å². The first-order valence-electron chi connectivity index (χ1n) is 8.15. The van der Waals surface area contributed by atoms with Gasteiger partial charge in [-0.3, -0.25) is 9.36 Å². The SMILES string of the molecule is O=c1c2c(c3cccnc3n1-c1ccccc1)OCc1ccccc1-2. The van der Waals surface area contributed by atoms with Crippen molar-refractivity contribution >= 4 is 11.0 Å². The van der Waals surface area contributed by atoms with E-state index in [0.717, 1.165) is 22.2 Å². The van der Waals surface area contributed by atoms with Gasteiger partial charge in [0, 0.05) is 6.20 Å². The highest BCUT2D eigenvalue weighted by molar-refractivity contribution is 5.92. The standard InChI is InChI=1S/C21H14N2O2/c24-21-18-16-10-5-4-7-14(16)13-25-19(18)17-11-6-12-22-20(17)23(21)15-8-2-1-3-9-15/h1-12H,13H2. The zero-order valence-corrected chi connectivity index (χ0v) is 13.3. The molecule has 4 aromatic rings. The summed E-state index contributed by atoms with van der Waals surface area (Å²) in [6.07, 6.45) is 1.70. The highest BCUT2D eigenvalue weighted by Crippen LogP contribution is 2.39. The predicted molar refractivity (Wildman–Crippen MR) is 97.1 cm³/mol. The molecule has 0 N–H and O–H groups in total. The molecule has 0 fully saturated rings. The van der Waals surface area contributed by atoms with Crippen LogP contribution in [0.5, 0.6) is 5.75 Å². The van der Waals surface area contributed by atoms with Crippen molar-refractivity contribution in [1.29, 1.82) is 0 Å². The minimum Gasteiger partial charge on any atom is -0.487 e. The number of nitrogens with zero attached hydrogens (tertiary/aromatic N) is 2. The van der Waals surface area contributed by atoms with E-state index in [2.05, 4.69) is 4.98 Å². The molecule has 2 aromatic heterocycles. The molecule has 0 bridgehead atoms. The molecular formula is C21H14N2O2. The maximum atomic E-state index is 13.4. The van der Waals surface area contributed by atoms with Crippen LogP contribution in [0.1, 0.15) is 5.56 Å². The van der Waals surface area contributed by atoms with Gasteiger partial charge < -0.3 is 4.74 Å². The van der Waals surface area contributed by atoms with E-state index in [0.29, 0.717) is 23.6 Å². The van der Waals surface area contributed by atoms with E-state index in [-0.39, 0.29) is 5.56 Å². The second-order valence-electron chi connectivity index (χ2n) is 6.00. The number of rotatable bonds is 1. The fraction of sp³-hybridized carbons (Fsp3) is 0.0476. The molecule has 0 aliphatic carbocycles. The number of fused-ring (bicyclic) bond motifs is 5. The Bertz CT molecular complexity index is 1160. The summed E-state index contributed by atoms with van der Waals surface area (Å²) in [4.78, 5) is 17.9. The molecule has 0 unspecified atom stereocenters. The van der Waals surface area contributed by atoms with Crippen LogP contribution in [0.25, 0.3) is 27.8 Å². The van der Waals surface area contributed by atoms with Gasteiger partial charge in [-0.2, -0.15) is 0 Å². The summed E-state index contributed by atoms with van der Waals surface area (Å²) in [7, 11) is 0. The monoisotopic (exact) mass is 326 g/mol. The molecular weight excluding hydrogens is 312 g/mol. The number of pyridine rings is 2. The molecule has 0 saturated heterocycles. The molecule has 1 aliphatic heterocycles. The normalized spacial score (nSPS) is 12.3. The highest BCUT2D eigenvalue weighted by Gasteiger charge is 2.25. The number of benzene rings is 2. The van der Waals surface area contributed by atoms with Gasteiger partial charge in [0.1, 0.15) is 12.4 Å². The molecule has 2 aromatic carbocycles. The van der Waals surface area contributed by atoms with Crippen LogP contribution in [0.4, 0.5) is 0 Å². The van der Waals surface area contributed by atoms with E-state index >= 15 is 0 Å². The quantitative estimate of drug-likeness (QED) is 0.532. The molecule has 1 aliphatic rings. The second kappa shape index (κ2) is 5.31. The van der Waals surface area contributed by atoms with Crippen LogP contribution in [0, 0.1) is 0 Å². The minimum atomic E-state index is -0.112. The first kappa shape index (κ1) is 14.0. The van der Waals surface area contributed by atoms with Crippen molar-refractivity contribution in [1.82, 2.24) is 9.55 Å². The maximum absolute atomic E-state index is 13.4. The fourth-order valence-electron chi connectivity index (χ4n) is 3.44. The molecule has 0 radical (unpaired) electrons. The number of hydrogen-bond donors (Lipinski definition) is 0. The molecule has 5 rings (SSSR count). The molecule has 0 atom stereocenters. The highest BCUT2D eigenvalue weighted by atomic mass is 16.5. The van der Waals surface area contributed by atoms with E-state index < -0.39 is 0 Å². The lowest BCUT2D eigenvalue weighted by molar-refractivity contribution is 0.305. The zero-order valence-electron chi connectivity index (χ0n) is 13.3. The van der Waals surface area contributed by atoms with Crippen molar-refractivity contribution in [3.05, 3.63) is 88.8 Å². The van der Waals surface area contributed by atoms with Gasteiger partial charge in [-0.1, -0.05) is 42.5 Å². The van der Waals surface area contributed by atoms with Crippen LogP contribution < -0.4 is 10.3 Å². The lowest BCUT2D eigenvalue weighted by Gasteiger charge is -2.23. The van der Waals surface area contributed by atoms with Gasteiger partial charge in [0.05, 0.1) is 16.6 Å². The van der Waals surface area contributed by atoms with Crippen molar-refractivity contribution in [3.8, 4) is 22.6 Å². The van der Waals surface area contributed by atoms with Gasteiger partial charge in [0.15, 0.2) is 5.65 Å². The van der Waals surface area contributed by atoms with E-state index in [1.165, 1.54) is 0 Å². The topological polar surface area (TPSA) is 44.1 Å². The van der Waals surface area contributed by atoms with Crippen LogP contribution in [0.15, 0.2) is 77.7 Å². The van der Waals surface area contributed by atoms with Gasteiger partial charge in [0.2, 0.25) is 0 Å². The van der Waals surface area contributed by atoms with Gasteiger partial charge in [-0.25, -0.2) is 4.98 Å². The number of aromatic nitrogens is 2. The first-order valence-corrected chi connectivity index (χ1v) is 8.15. The Kier molecular flexibility index (Phi) is 2.97. The van der Waals surface area contributed by atoms with Crippen LogP contribution >= 0.6 is 0 Å². The molecule has 0 amide bonds. The summed E-state index contributed by atoms with van der Waals surface area (Å²) in [6.45, 7) is 0.460. The van der Waals surface area contributed by atoms with Crippen molar-refractivity contribution in [2.45, 2.75) is 6.61 Å². The third-order valence-electron chi connectivity index (χ3n) is 4.56. The molecule has 4 nitrogen and oxygen atoms in total. The van der Waals surface area contributed by atoms with Crippen molar-refractivity contribution < 1.29 is 4.74 Å². The smallest absolute Gasteiger partial charge is 0.268 e. The molecule has 4 heteroatoms. The molecule has 0 saturated carbocycles. The van der Waals surface area contributed by atoms with Crippen LogP contribution in [0.3, 0.4) is 0 Å². The Balaban J connectivity index is 1.98. The van der Waals surface area contributed by atoms with Crippen molar-refractivity contribution in [2.24, 2.45) is 0 Å². The first-order chi connectivity index (χ1) is 12.3. The van der Waals surface area contributed by atoms with Gasteiger partial charge in [-0.05, 0) is 35.4 Å². The molecule has 3 heterocycles. The largest absolute Gasteiger partial charge is 0.487 e. The van der Waals surface area contributed by atoms with Gasteiger partial charge in [0.25, 0.3) is 5.56 Å². The Morgan fingerprint density at radius 2 is 1.72 bits per heavy atom. The van der Waals surface area contributed by atoms with Gasteiger partial charge in [-0.15, -0.1) is 0 Å². The van der Waals surface area contributed by atoms with Crippen LogP contribution in [-0.4, -0.2) is 9.55 Å². The summed E-state index contributed by atoms with van der Waals surface area (Å²) in [5.41, 5.74) is 3.85. The Morgan fingerprint density at radius 1 is 0.920 bits per heavy atom. The molecule has 25 heavy (non-hydrogen) atoms. The zero-order chi connectivity index (χ0) is 16.8. The number of para-hydroxylation sites is 1. The minimum absolute atomic E-state index is 0.112. The average Bonchev–Trinajstić information content (AvgIpc) is 2.68. The second-order valence-corrected chi connectivity index (χ2v) is 6.00. The van der Waals surface area contributed by atoms with Gasteiger partial charge >= 0.3 is 0 Å². The Labute approximate surface area is 144 Å². The fourth-order valence-corrected chi connectivity index (χ4v) is 3.44. The van der Waals surface area contributed by atoms with E-state index in [9.17, 15) is 4.79 Å². The van der Waals surface area contributed by atoms with Crippen molar-refractivity contribution in [3.63, 3.8) is 0 Å². The predicted octanol–water partition coefficient (Wildman–Crippen LogP) is 3.95. The summed E-state index contributed by atoms with van der Waals surface area (Å²) in [5.74, 6) is 0.624. The Hall–Kier alpha value is -3.40. The Morgan fingerprint density at radius 3 is 2.60 bits per heavy atom. The van der Waals surface area contributed by atoms with Crippen molar-refractivity contribution in [2.75, 3.05) is 0 Å². The lowest BCUT2D eigenvalue weighted by Crippen LogP contribution is -2.24. The van der Waals surface area contributed by atoms with E-state index in [1.54, 1.807) is 10.8 Å². The summed E-state index contributed by atoms with van der Waals surface area (Å²) in [5, 5.41) is 0.843. The van der Waals surface area contributed by atoms with E-state index in [1.807, 2.05) is 66.7 Å². The maximum Gasteiger partial charge on any atom is 0.268 e. The number of hydrogen-bond acceptors (Lipinski definition) is 3. The summed E-state index contributed by atoms with van der Waals surface area (Å²) < 4.78 is 7.65. The number of ether oxygens (including phenoxy) is 1. The summed E-state index contributed by atoms with van der Waals surface area (Å²) in [6, 6.07) is 21.3. The average molecular weight is 326 g/mol. The third-order valence-corrected chi connectivity index (χ3v) is 4.56. The lowest BCUT2D eigenvalue weighted by atomic mass is 9.97. The third kappa shape index (κ3) is 2.01. The van der Waals surface area contributed by atoms with Crippen LogP contribution in [0.2, 0.25) is 0 Å². The summed E-state index contributed by atoms with van der Waals surface area (Å²) >= 11 is 0. The molecule has 0 spiro atoms.